The largest absolute Gasteiger partial charge is 0.441 e. The number of rotatable bonds is 2. The van der Waals surface area contributed by atoms with E-state index in [4.69, 9.17) is 4.42 Å². The molecule has 0 radical (unpaired) electrons. The van der Waals surface area contributed by atoms with Gasteiger partial charge in [0.15, 0.2) is 11.5 Å². The van der Waals surface area contributed by atoms with Crippen molar-refractivity contribution in [1.29, 1.82) is 0 Å². The van der Waals surface area contributed by atoms with E-state index in [1.807, 2.05) is 25.1 Å². The summed E-state index contributed by atoms with van der Waals surface area (Å²) >= 11 is 0. The van der Waals surface area contributed by atoms with Crippen LogP contribution in [0.25, 0.3) is 11.1 Å². The van der Waals surface area contributed by atoms with Gasteiger partial charge in [0.25, 0.3) is 0 Å². The van der Waals surface area contributed by atoms with Crippen LogP contribution in [-0.2, 0) is 0 Å². The zero-order valence-corrected chi connectivity index (χ0v) is 10.3. The number of aryl methyl sites for hydroxylation is 1. The fourth-order valence-electron chi connectivity index (χ4n) is 1.52. The van der Waals surface area contributed by atoms with Crippen LogP contribution < -0.4 is 5.32 Å². The van der Waals surface area contributed by atoms with E-state index in [-0.39, 0.29) is 5.41 Å². The van der Waals surface area contributed by atoms with E-state index >= 15 is 0 Å². The molecular weight excluding hydrogens is 200 g/mol. The fourth-order valence-corrected chi connectivity index (χ4v) is 1.52. The van der Waals surface area contributed by atoms with Crippen molar-refractivity contribution in [1.82, 2.24) is 4.98 Å². The molecular formula is C13H18N2O. The molecule has 0 aliphatic rings. The molecule has 0 aliphatic heterocycles. The highest BCUT2D eigenvalue weighted by molar-refractivity contribution is 5.77. The molecule has 2 aromatic rings. The van der Waals surface area contributed by atoms with Crippen molar-refractivity contribution >= 4 is 16.8 Å². The Kier molecular flexibility index (Phi) is 2.62. The van der Waals surface area contributed by atoms with Crippen LogP contribution >= 0.6 is 0 Å². The van der Waals surface area contributed by atoms with Crippen molar-refractivity contribution in [3.05, 3.63) is 24.1 Å². The molecule has 0 bridgehead atoms. The molecule has 3 nitrogen and oxygen atoms in total. The minimum absolute atomic E-state index is 0.273. The summed E-state index contributed by atoms with van der Waals surface area (Å²) in [6.07, 6.45) is 0. The van der Waals surface area contributed by atoms with Gasteiger partial charge >= 0.3 is 0 Å². The fraction of sp³-hybridized carbons (Fsp3) is 0.462. The number of hydrogen-bond acceptors (Lipinski definition) is 3. The summed E-state index contributed by atoms with van der Waals surface area (Å²) in [6.45, 7) is 9.42. The van der Waals surface area contributed by atoms with Gasteiger partial charge in [0.1, 0.15) is 5.52 Å². The topological polar surface area (TPSA) is 38.1 Å². The van der Waals surface area contributed by atoms with Crippen LogP contribution in [0.3, 0.4) is 0 Å². The number of benzene rings is 1. The lowest BCUT2D eigenvalue weighted by atomic mass is 9.97. The molecule has 86 valence electrons. The van der Waals surface area contributed by atoms with E-state index in [1.165, 1.54) is 0 Å². The van der Waals surface area contributed by atoms with Gasteiger partial charge in [-0.15, -0.1) is 0 Å². The Morgan fingerprint density at radius 2 is 2.06 bits per heavy atom. The number of aromatic nitrogens is 1. The molecule has 0 spiro atoms. The standard InChI is InChI=1S/C13H18N2O/c1-9-15-11-7-10(5-6-12(11)16-9)14-8-13(2,3)4/h5-7,14H,8H2,1-4H3. The lowest BCUT2D eigenvalue weighted by Gasteiger charge is -2.19. The Morgan fingerprint density at radius 1 is 1.31 bits per heavy atom. The van der Waals surface area contributed by atoms with E-state index in [0.717, 1.165) is 23.3 Å². The quantitative estimate of drug-likeness (QED) is 0.837. The van der Waals surface area contributed by atoms with Crippen LogP contribution in [-0.4, -0.2) is 11.5 Å². The Morgan fingerprint density at radius 3 is 2.75 bits per heavy atom. The number of hydrogen-bond donors (Lipinski definition) is 1. The Labute approximate surface area is 95.9 Å². The second-order valence-corrected chi connectivity index (χ2v) is 5.33. The molecule has 0 fully saturated rings. The summed E-state index contributed by atoms with van der Waals surface area (Å²) in [7, 11) is 0. The molecule has 1 aromatic heterocycles. The van der Waals surface area contributed by atoms with Gasteiger partial charge in [-0.2, -0.15) is 0 Å². The van der Waals surface area contributed by atoms with Gasteiger partial charge in [-0.1, -0.05) is 20.8 Å². The Hall–Kier alpha value is -1.51. The third kappa shape index (κ3) is 2.54. The lowest BCUT2D eigenvalue weighted by molar-refractivity contribution is 0.443. The Bertz CT molecular complexity index is 494. The van der Waals surface area contributed by atoms with Crippen molar-refractivity contribution in [3.63, 3.8) is 0 Å². The van der Waals surface area contributed by atoms with E-state index in [0.29, 0.717) is 5.89 Å². The predicted octanol–water partition coefficient (Wildman–Crippen LogP) is 3.59. The molecule has 1 heterocycles. The highest BCUT2D eigenvalue weighted by atomic mass is 16.3. The molecule has 3 heteroatoms. The first-order valence-corrected chi connectivity index (χ1v) is 5.55. The molecule has 1 N–H and O–H groups in total. The summed E-state index contributed by atoms with van der Waals surface area (Å²) in [4.78, 5) is 4.31. The minimum atomic E-state index is 0.273. The number of fused-ring (bicyclic) bond motifs is 1. The molecule has 2 rings (SSSR count). The monoisotopic (exact) mass is 218 g/mol. The molecule has 1 aromatic carbocycles. The van der Waals surface area contributed by atoms with E-state index < -0.39 is 0 Å². The number of oxazole rings is 1. The lowest BCUT2D eigenvalue weighted by Crippen LogP contribution is -2.18. The van der Waals surface area contributed by atoms with Gasteiger partial charge in [0.05, 0.1) is 0 Å². The van der Waals surface area contributed by atoms with Crippen molar-refractivity contribution in [2.45, 2.75) is 27.7 Å². The zero-order chi connectivity index (χ0) is 11.8. The molecule has 0 amide bonds. The van der Waals surface area contributed by atoms with Gasteiger partial charge in [-0.05, 0) is 23.6 Å². The van der Waals surface area contributed by atoms with Crippen LogP contribution in [0.1, 0.15) is 26.7 Å². The van der Waals surface area contributed by atoms with Gasteiger partial charge in [0, 0.05) is 19.2 Å². The van der Waals surface area contributed by atoms with Gasteiger partial charge in [-0.25, -0.2) is 4.98 Å². The van der Waals surface area contributed by atoms with Gasteiger partial charge < -0.3 is 9.73 Å². The van der Waals surface area contributed by atoms with Crippen LogP contribution in [0.4, 0.5) is 5.69 Å². The van der Waals surface area contributed by atoms with Crippen LogP contribution in [0.2, 0.25) is 0 Å². The summed E-state index contributed by atoms with van der Waals surface area (Å²) < 4.78 is 5.43. The first kappa shape index (κ1) is 11.0. The van der Waals surface area contributed by atoms with Crippen molar-refractivity contribution in [2.24, 2.45) is 5.41 Å². The predicted molar refractivity (Wildman–Crippen MR) is 66.7 cm³/mol. The maximum absolute atomic E-state index is 5.43. The highest BCUT2D eigenvalue weighted by Gasteiger charge is 2.10. The average molecular weight is 218 g/mol. The van der Waals surface area contributed by atoms with Gasteiger partial charge in [-0.3, -0.25) is 0 Å². The maximum Gasteiger partial charge on any atom is 0.192 e. The maximum atomic E-state index is 5.43. The third-order valence-corrected chi connectivity index (χ3v) is 2.32. The van der Waals surface area contributed by atoms with Gasteiger partial charge in [0.2, 0.25) is 0 Å². The summed E-state index contributed by atoms with van der Waals surface area (Å²) in [5.74, 6) is 0.711. The average Bonchev–Trinajstić information content (AvgIpc) is 2.52. The van der Waals surface area contributed by atoms with Crippen LogP contribution in [0.5, 0.6) is 0 Å². The third-order valence-electron chi connectivity index (χ3n) is 2.32. The minimum Gasteiger partial charge on any atom is -0.441 e. The summed E-state index contributed by atoms with van der Waals surface area (Å²) in [6, 6.07) is 6.01. The Balaban J connectivity index is 2.19. The molecule has 0 saturated carbocycles. The van der Waals surface area contributed by atoms with Crippen LogP contribution in [0.15, 0.2) is 22.6 Å². The number of nitrogens with zero attached hydrogens (tertiary/aromatic N) is 1. The highest BCUT2D eigenvalue weighted by Crippen LogP contribution is 2.21. The normalized spacial score (nSPS) is 12.0. The van der Waals surface area contributed by atoms with E-state index in [9.17, 15) is 0 Å². The molecule has 16 heavy (non-hydrogen) atoms. The summed E-state index contributed by atoms with van der Waals surface area (Å²) in [5, 5.41) is 3.40. The SMILES string of the molecule is Cc1nc2cc(NCC(C)(C)C)ccc2o1. The first-order valence-electron chi connectivity index (χ1n) is 5.55. The van der Waals surface area contributed by atoms with Crippen LogP contribution in [0, 0.1) is 12.3 Å². The van der Waals surface area contributed by atoms with E-state index in [2.05, 4.69) is 31.1 Å². The summed E-state index contributed by atoms with van der Waals surface area (Å²) in [5.41, 5.74) is 3.13. The van der Waals surface area contributed by atoms with Crippen molar-refractivity contribution in [3.8, 4) is 0 Å². The zero-order valence-electron chi connectivity index (χ0n) is 10.3. The van der Waals surface area contributed by atoms with Crippen molar-refractivity contribution < 1.29 is 4.42 Å². The second kappa shape index (κ2) is 3.81. The molecule has 0 atom stereocenters. The molecule has 0 aliphatic carbocycles. The molecule has 0 saturated heterocycles. The van der Waals surface area contributed by atoms with E-state index in [1.54, 1.807) is 0 Å². The first-order chi connectivity index (χ1) is 7.44. The second-order valence-electron chi connectivity index (χ2n) is 5.33. The smallest absolute Gasteiger partial charge is 0.192 e. The van der Waals surface area contributed by atoms with Crippen molar-refractivity contribution in [2.75, 3.05) is 11.9 Å². The number of nitrogens with one attached hydrogen (secondary N) is 1. The molecule has 0 unspecified atom stereocenters. The number of anilines is 1.